The maximum absolute atomic E-state index is 13.9. The van der Waals surface area contributed by atoms with Gasteiger partial charge in [-0.15, -0.1) is 11.3 Å². The molecule has 202 valence electrons. The average molecular weight is 584 g/mol. The van der Waals surface area contributed by atoms with Crippen molar-refractivity contribution in [2.24, 2.45) is 0 Å². The first-order chi connectivity index (χ1) is 15.5. The average Bonchev–Trinajstić information content (AvgIpc) is 3.18. The predicted molar refractivity (Wildman–Crippen MR) is 88.5 cm³/mol. The molecule has 0 radical (unpaired) electrons. The van der Waals surface area contributed by atoms with Gasteiger partial charge < -0.3 is 14.2 Å². The number of rotatable bonds is 8. The number of hydrogen-bond donors (Lipinski definition) is 0. The molecule has 0 aromatic carbocycles. The number of halogens is 15. The zero-order valence-corrected chi connectivity index (χ0v) is 17.5. The molecule has 3 nitrogen and oxygen atoms in total. The van der Waals surface area contributed by atoms with Crippen LogP contribution in [-0.2, 0) is 4.74 Å². The third-order valence-corrected chi connectivity index (χ3v) is 5.37. The summed E-state index contributed by atoms with van der Waals surface area (Å²) < 4.78 is 212. The molecule has 0 aliphatic carbocycles. The summed E-state index contributed by atoms with van der Waals surface area (Å²) in [6.07, 6.45) is -9.09. The largest absolute Gasteiger partial charge is 0.485 e. The van der Waals surface area contributed by atoms with Crippen LogP contribution < -0.4 is 9.47 Å². The van der Waals surface area contributed by atoms with Gasteiger partial charge in [0, 0.05) is 10.8 Å². The molecular formula is C15H7F15O3S2. The van der Waals surface area contributed by atoms with Crippen molar-refractivity contribution in [2.45, 2.75) is 47.8 Å². The van der Waals surface area contributed by atoms with Crippen molar-refractivity contribution in [1.82, 2.24) is 0 Å². The molecule has 2 heterocycles. The lowest BCUT2D eigenvalue weighted by molar-refractivity contribution is -0.449. The van der Waals surface area contributed by atoms with Gasteiger partial charge in [-0.05, 0) is 12.2 Å². The van der Waals surface area contributed by atoms with E-state index >= 15 is 0 Å². The first-order valence-corrected chi connectivity index (χ1v) is 9.68. The molecule has 1 atom stereocenters. The fourth-order valence-corrected chi connectivity index (χ4v) is 3.16. The van der Waals surface area contributed by atoms with E-state index < -0.39 is 66.1 Å². The molecule has 1 aromatic heterocycles. The van der Waals surface area contributed by atoms with E-state index in [2.05, 4.69) is 17.0 Å². The Labute approximate surface area is 192 Å². The Balaban J connectivity index is 2.28. The van der Waals surface area contributed by atoms with Gasteiger partial charge in [0.05, 0.1) is 0 Å². The summed E-state index contributed by atoms with van der Waals surface area (Å²) in [5, 5.41) is -0.197. The number of hydrogen-bond acceptors (Lipinski definition) is 5. The van der Waals surface area contributed by atoms with Gasteiger partial charge in [-0.2, -0.15) is 65.9 Å². The molecule has 0 spiro atoms. The smallest absolute Gasteiger partial charge is 0.460 e. The molecule has 0 saturated heterocycles. The van der Waals surface area contributed by atoms with E-state index in [1.54, 1.807) is 0 Å². The van der Waals surface area contributed by atoms with Crippen molar-refractivity contribution in [3.63, 3.8) is 0 Å². The van der Waals surface area contributed by atoms with E-state index in [4.69, 9.17) is 9.47 Å². The second-order valence-corrected chi connectivity index (χ2v) is 7.81. The molecular weight excluding hydrogens is 577 g/mol. The van der Waals surface area contributed by atoms with E-state index in [1.807, 2.05) is 0 Å². The Bertz CT molecular complexity index is 940. The van der Waals surface area contributed by atoms with Crippen LogP contribution in [0.5, 0.6) is 11.5 Å². The van der Waals surface area contributed by atoms with E-state index in [9.17, 15) is 65.9 Å². The van der Waals surface area contributed by atoms with Crippen LogP contribution in [-0.4, -0.2) is 66.1 Å². The maximum Gasteiger partial charge on any atom is 0.460 e. The first-order valence-electron chi connectivity index (χ1n) is 8.33. The Kier molecular flexibility index (Phi) is 7.23. The Morgan fingerprint density at radius 1 is 0.771 bits per heavy atom. The minimum atomic E-state index is -8.39. The molecule has 2 rings (SSSR count). The molecule has 1 aromatic rings. The van der Waals surface area contributed by atoms with Crippen LogP contribution >= 0.6 is 23.6 Å². The van der Waals surface area contributed by atoms with Gasteiger partial charge in [0.2, 0.25) is 5.05 Å². The van der Waals surface area contributed by atoms with Gasteiger partial charge >= 0.3 is 41.7 Å². The second-order valence-electron chi connectivity index (χ2n) is 6.69. The molecule has 1 unspecified atom stereocenters. The minimum Gasteiger partial charge on any atom is -0.485 e. The molecule has 35 heavy (non-hydrogen) atoms. The Hall–Kier alpha value is -1.86. The fourth-order valence-electron chi connectivity index (χ4n) is 2.30. The predicted octanol–water partition coefficient (Wildman–Crippen LogP) is 6.61. The van der Waals surface area contributed by atoms with Crippen molar-refractivity contribution in [3.05, 3.63) is 10.8 Å². The third-order valence-electron chi connectivity index (χ3n) is 4.30. The number of ether oxygens (including phenoxy) is 3. The number of thiocarbonyl (C=S) groups is 1. The van der Waals surface area contributed by atoms with Crippen molar-refractivity contribution >= 4 is 28.6 Å². The molecule has 0 bridgehead atoms. The second kappa shape index (κ2) is 8.62. The molecule has 20 heteroatoms. The number of fused-ring (bicyclic) bond motifs is 1. The number of thiophene rings is 1. The van der Waals surface area contributed by atoms with Crippen molar-refractivity contribution < 1.29 is 80.1 Å². The maximum atomic E-state index is 13.9. The monoisotopic (exact) mass is 584 g/mol. The van der Waals surface area contributed by atoms with Crippen LogP contribution in [0.4, 0.5) is 65.9 Å². The highest BCUT2D eigenvalue weighted by Gasteiger charge is 2.93. The highest BCUT2D eigenvalue weighted by Crippen LogP contribution is 2.62. The normalized spacial score (nSPS) is 18.4. The summed E-state index contributed by atoms with van der Waals surface area (Å²) in [5.41, 5.74) is 0. The van der Waals surface area contributed by atoms with Crippen molar-refractivity contribution in [2.75, 3.05) is 13.2 Å². The highest BCUT2D eigenvalue weighted by molar-refractivity contribution is 7.80. The van der Waals surface area contributed by atoms with E-state index in [-0.39, 0.29) is 11.5 Å². The van der Waals surface area contributed by atoms with Crippen LogP contribution in [0.15, 0.2) is 10.8 Å². The van der Waals surface area contributed by atoms with Crippen molar-refractivity contribution in [3.8, 4) is 11.5 Å². The summed E-state index contributed by atoms with van der Waals surface area (Å²) in [4.78, 5) is 0. The minimum absolute atomic E-state index is 0.00291. The van der Waals surface area contributed by atoms with E-state index in [0.717, 1.165) is 11.3 Å². The Morgan fingerprint density at radius 3 is 1.74 bits per heavy atom. The van der Waals surface area contributed by atoms with Crippen LogP contribution in [0.2, 0.25) is 0 Å². The van der Waals surface area contributed by atoms with Crippen LogP contribution in [0, 0.1) is 0 Å². The van der Waals surface area contributed by atoms with Crippen molar-refractivity contribution in [1.29, 1.82) is 0 Å². The molecule has 0 saturated carbocycles. The summed E-state index contributed by atoms with van der Waals surface area (Å²) in [6, 6.07) is 0. The highest BCUT2D eigenvalue weighted by atomic mass is 32.1. The topological polar surface area (TPSA) is 27.7 Å². The number of alkyl halides is 15. The quantitative estimate of drug-likeness (QED) is 0.254. The standard InChI is InChI=1S/C15H7F15O3S2/c16-9(17,8(34)32-2-5-1-31-6-3-35-4-7(6)33-5)10(18,19)11(20,21)12(22,23)13(24,25)14(26,27)15(28,29)30/h3-5H,1-2H2. The van der Waals surface area contributed by atoms with Gasteiger partial charge in [-0.25, -0.2) is 0 Å². The van der Waals surface area contributed by atoms with E-state index in [1.165, 1.54) is 10.8 Å². The summed E-state index contributed by atoms with van der Waals surface area (Å²) in [5.74, 6) is -47.4. The lowest BCUT2D eigenvalue weighted by atomic mass is 9.91. The zero-order chi connectivity index (χ0) is 27.5. The third kappa shape index (κ3) is 4.33. The molecule has 0 amide bonds. The van der Waals surface area contributed by atoms with Crippen LogP contribution in [0.25, 0.3) is 0 Å². The van der Waals surface area contributed by atoms with Gasteiger partial charge in [-0.1, -0.05) is 0 Å². The van der Waals surface area contributed by atoms with Crippen LogP contribution in [0.1, 0.15) is 0 Å². The molecule has 0 N–H and O–H groups in total. The lowest BCUT2D eigenvalue weighted by Gasteiger charge is -2.41. The summed E-state index contributed by atoms with van der Waals surface area (Å²) in [6.45, 7) is -1.79. The SMILES string of the molecule is FC(F)(F)C(F)(F)C(F)(F)C(F)(F)C(F)(F)C(F)(F)C(F)(F)C(=S)OCC1COc2cscc2O1. The first kappa shape index (κ1) is 29.4. The van der Waals surface area contributed by atoms with Gasteiger partial charge in [0.1, 0.15) is 13.2 Å². The van der Waals surface area contributed by atoms with Crippen LogP contribution in [0.3, 0.4) is 0 Å². The molecule has 0 fully saturated rings. The van der Waals surface area contributed by atoms with E-state index in [0.29, 0.717) is 0 Å². The summed E-state index contributed by atoms with van der Waals surface area (Å²) in [7, 11) is 0. The lowest BCUT2D eigenvalue weighted by Crippen LogP contribution is -2.73. The van der Waals surface area contributed by atoms with Gasteiger partial charge in [0.15, 0.2) is 17.6 Å². The van der Waals surface area contributed by atoms with Gasteiger partial charge in [-0.3, -0.25) is 0 Å². The summed E-state index contributed by atoms with van der Waals surface area (Å²) >= 11 is 4.67. The zero-order valence-electron chi connectivity index (χ0n) is 15.9. The Morgan fingerprint density at radius 2 is 1.23 bits per heavy atom. The fraction of sp³-hybridized carbons (Fsp3) is 0.667. The molecule has 1 aliphatic heterocycles. The molecule has 1 aliphatic rings. The van der Waals surface area contributed by atoms with Gasteiger partial charge in [0.25, 0.3) is 0 Å².